The van der Waals surface area contributed by atoms with Crippen LogP contribution in [0.1, 0.15) is 51.6 Å². The van der Waals surface area contributed by atoms with Gasteiger partial charge in [0.05, 0.1) is 17.4 Å². The number of rotatable bonds is 3. The van der Waals surface area contributed by atoms with Crippen LogP contribution in [0.2, 0.25) is 0 Å². The van der Waals surface area contributed by atoms with E-state index >= 15 is 0 Å². The number of carbonyl (C=O) groups excluding carboxylic acids is 1. The molecule has 3 aliphatic rings. The Kier molecular flexibility index (Phi) is 4.85. The Morgan fingerprint density at radius 1 is 1.20 bits per heavy atom. The van der Waals surface area contributed by atoms with E-state index < -0.39 is 0 Å². The number of H-pyrrole nitrogens is 1. The second-order valence-electron chi connectivity index (χ2n) is 9.98. The van der Waals surface area contributed by atoms with E-state index in [2.05, 4.69) is 42.5 Å². The van der Waals surface area contributed by atoms with Crippen LogP contribution in [0.25, 0.3) is 10.9 Å². The van der Waals surface area contributed by atoms with Crippen LogP contribution in [0.4, 0.5) is 5.69 Å². The summed E-state index contributed by atoms with van der Waals surface area (Å²) in [6.45, 7) is 6.07. The third-order valence-corrected chi connectivity index (χ3v) is 7.26. The average molecular weight is 409 g/mol. The van der Waals surface area contributed by atoms with Gasteiger partial charge in [0.25, 0.3) is 0 Å². The molecule has 1 aromatic heterocycles. The lowest BCUT2D eigenvalue weighted by molar-refractivity contribution is -0.124. The Morgan fingerprint density at radius 3 is 2.80 bits per heavy atom. The fourth-order valence-corrected chi connectivity index (χ4v) is 5.36. The predicted octanol–water partition coefficient (Wildman–Crippen LogP) is 4.06. The van der Waals surface area contributed by atoms with Crippen molar-refractivity contribution in [3.05, 3.63) is 30.0 Å². The minimum Gasteiger partial charge on any atom is -0.381 e. The first-order valence-electron chi connectivity index (χ1n) is 11.2. The molecule has 1 aliphatic carbocycles. The van der Waals surface area contributed by atoms with Crippen molar-refractivity contribution in [2.24, 2.45) is 22.4 Å². The fourth-order valence-electron chi connectivity index (χ4n) is 5.36. The molecule has 5 rings (SSSR count). The monoisotopic (exact) mass is 408 g/mol. The van der Waals surface area contributed by atoms with Gasteiger partial charge in [-0.2, -0.15) is 5.10 Å². The maximum Gasteiger partial charge on any atom is 0.230 e. The van der Waals surface area contributed by atoms with Crippen molar-refractivity contribution in [2.75, 3.05) is 25.2 Å². The number of hydrogen-bond acceptors (Lipinski definition) is 4. The van der Waals surface area contributed by atoms with Crippen LogP contribution >= 0.6 is 0 Å². The van der Waals surface area contributed by atoms with Crippen molar-refractivity contribution in [3.63, 3.8) is 0 Å². The number of aromatic nitrogens is 1. The smallest absolute Gasteiger partial charge is 0.230 e. The molecule has 1 saturated heterocycles. The normalized spacial score (nSPS) is 26.2. The standard InChI is InChI=1S/C24H32N4O2/c1-24(2)9-6-18-21(14-24)26-27-22(18)20-13-16-12-17(4-5-19(16)25-20)28(3)23(29)15-7-10-30-11-8-15/h4-5,12-13,15,18,21,25-26H,6-11,14H2,1-3H3. The first kappa shape index (κ1) is 19.6. The zero-order chi connectivity index (χ0) is 20.9. The molecular formula is C24H32N4O2. The van der Waals surface area contributed by atoms with Gasteiger partial charge in [-0.1, -0.05) is 13.8 Å². The molecule has 2 unspecified atom stereocenters. The van der Waals surface area contributed by atoms with E-state index in [0.29, 0.717) is 30.6 Å². The van der Waals surface area contributed by atoms with Crippen molar-refractivity contribution in [1.82, 2.24) is 10.4 Å². The van der Waals surface area contributed by atoms with E-state index in [4.69, 9.17) is 9.84 Å². The van der Waals surface area contributed by atoms with Crippen molar-refractivity contribution < 1.29 is 9.53 Å². The SMILES string of the molecule is CN(C(=O)C1CCOCC1)c1ccc2[nH]c(C3=NNC4CC(C)(C)CCC34)cc2c1. The third kappa shape index (κ3) is 3.51. The van der Waals surface area contributed by atoms with Gasteiger partial charge in [0, 0.05) is 48.7 Å². The lowest BCUT2D eigenvalue weighted by Gasteiger charge is -2.37. The lowest BCUT2D eigenvalue weighted by Crippen LogP contribution is -2.39. The minimum atomic E-state index is 0.0626. The van der Waals surface area contributed by atoms with Crippen LogP contribution in [0.15, 0.2) is 29.4 Å². The Balaban J connectivity index is 1.36. The summed E-state index contributed by atoms with van der Waals surface area (Å²) in [5.41, 5.74) is 8.05. The van der Waals surface area contributed by atoms with E-state index in [-0.39, 0.29) is 11.8 Å². The Labute approximate surface area is 178 Å². The fraction of sp³-hybridized carbons (Fsp3) is 0.583. The highest BCUT2D eigenvalue weighted by atomic mass is 16.5. The molecule has 6 heteroatoms. The number of benzene rings is 1. The number of nitrogens with one attached hydrogen (secondary N) is 2. The second-order valence-corrected chi connectivity index (χ2v) is 9.98. The third-order valence-electron chi connectivity index (χ3n) is 7.26. The molecule has 0 radical (unpaired) electrons. The summed E-state index contributed by atoms with van der Waals surface area (Å²) < 4.78 is 5.40. The molecule has 2 aromatic rings. The molecule has 0 bridgehead atoms. The molecule has 30 heavy (non-hydrogen) atoms. The summed E-state index contributed by atoms with van der Waals surface area (Å²) in [6, 6.07) is 8.84. The number of fused-ring (bicyclic) bond motifs is 2. The summed E-state index contributed by atoms with van der Waals surface area (Å²) >= 11 is 0. The van der Waals surface area contributed by atoms with Crippen LogP contribution in [0.5, 0.6) is 0 Å². The van der Waals surface area contributed by atoms with Crippen LogP contribution in [-0.4, -0.2) is 42.9 Å². The molecule has 2 N–H and O–H groups in total. The summed E-state index contributed by atoms with van der Waals surface area (Å²) in [4.78, 5) is 18.3. The van der Waals surface area contributed by atoms with Gasteiger partial charge in [-0.05, 0) is 61.8 Å². The van der Waals surface area contributed by atoms with Crippen LogP contribution in [0.3, 0.4) is 0 Å². The van der Waals surface area contributed by atoms with Crippen LogP contribution < -0.4 is 10.3 Å². The van der Waals surface area contributed by atoms with Gasteiger partial charge in [0.2, 0.25) is 5.91 Å². The lowest BCUT2D eigenvalue weighted by atomic mass is 9.69. The van der Waals surface area contributed by atoms with Gasteiger partial charge in [-0.25, -0.2) is 0 Å². The number of hydrazone groups is 1. The zero-order valence-electron chi connectivity index (χ0n) is 18.2. The molecule has 6 nitrogen and oxygen atoms in total. The van der Waals surface area contributed by atoms with Gasteiger partial charge >= 0.3 is 0 Å². The van der Waals surface area contributed by atoms with Crippen molar-refractivity contribution in [1.29, 1.82) is 0 Å². The summed E-state index contributed by atoms with van der Waals surface area (Å²) in [5.74, 6) is 0.724. The van der Waals surface area contributed by atoms with E-state index in [0.717, 1.165) is 47.3 Å². The van der Waals surface area contributed by atoms with E-state index in [9.17, 15) is 4.79 Å². The second kappa shape index (κ2) is 7.41. The summed E-state index contributed by atoms with van der Waals surface area (Å²) in [5, 5.41) is 5.84. The van der Waals surface area contributed by atoms with E-state index in [1.807, 2.05) is 13.1 Å². The molecule has 1 amide bonds. The van der Waals surface area contributed by atoms with Gasteiger partial charge in [0.1, 0.15) is 0 Å². The molecule has 2 aliphatic heterocycles. The first-order valence-corrected chi connectivity index (χ1v) is 11.2. The largest absolute Gasteiger partial charge is 0.381 e. The first-order chi connectivity index (χ1) is 14.4. The van der Waals surface area contributed by atoms with E-state index in [1.54, 1.807) is 4.90 Å². The number of nitrogens with zero attached hydrogens (tertiary/aromatic N) is 2. The quantitative estimate of drug-likeness (QED) is 0.805. The maximum absolute atomic E-state index is 12.9. The van der Waals surface area contributed by atoms with Crippen molar-refractivity contribution >= 4 is 28.2 Å². The van der Waals surface area contributed by atoms with Gasteiger partial charge in [0.15, 0.2) is 0 Å². The summed E-state index contributed by atoms with van der Waals surface area (Å²) in [6.07, 6.45) is 5.19. The Hall–Kier alpha value is -2.34. The van der Waals surface area contributed by atoms with Crippen LogP contribution in [0, 0.1) is 17.3 Å². The van der Waals surface area contributed by atoms with E-state index in [1.165, 1.54) is 12.8 Å². The summed E-state index contributed by atoms with van der Waals surface area (Å²) in [7, 11) is 1.88. The molecular weight excluding hydrogens is 376 g/mol. The molecule has 0 spiro atoms. The molecule has 1 aromatic carbocycles. The van der Waals surface area contributed by atoms with Gasteiger partial charge < -0.3 is 20.0 Å². The van der Waals surface area contributed by atoms with Gasteiger partial charge in [-0.3, -0.25) is 4.79 Å². The Morgan fingerprint density at radius 2 is 2.00 bits per heavy atom. The molecule has 2 fully saturated rings. The zero-order valence-corrected chi connectivity index (χ0v) is 18.2. The van der Waals surface area contributed by atoms with Crippen LogP contribution in [-0.2, 0) is 9.53 Å². The maximum atomic E-state index is 12.9. The number of amides is 1. The topological polar surface area (TPSA) is 69.7 Å². The van der Waals surface area contributed by atoms with Crippen molar-refractivity contribution in [2.45, 2.75) is 52.0 Å². The molecule has 2 atom stereocenters. The highest BCUT2D eigenvalue weighted by molar-refractivity contribution is 6.06. The Bertz CT molecular complexity index is 986. The van der Waals surface area contributed by atoms with Crippen molar-refractivity contribution in [3.8, 4) is 0 Å². The van der Waals surface area contributed by atoms with Gasteiger partial charge in [-0.15, -0.1) is 0 Å². The minimum absolute atomic E-state index is 0.0626. The number of ether oxygens (including phenoxy) is 1. The average Bonchev–Trinajstić information content (AvgIpc) is 3.35. The highest BCUT2D eigenvalue weighted by Crippen LogP contribution is 2.41. The number of hydrogen-bond donors (Lipinski definition) is 2. The number of aromatic amines is 1. The number of carbonyl (C=O) groups is 1. The highest BCUT2D eigenvalue weighted by Gasteiger charge is 2.41. The molecule has 3 heterocycles. The predicted molar refractivity (Wildman–Crippen MR) is 120 cm³/mol. The number of anilines is 1. The molecule has 160 valence electrons. The molecule has 1 saturated carbocycles.